The van der Waals surface area contributed by atoms with Gasteiger partial charge in [-0.05, 0) is 94.7 Å². The van der Waals surface area contributed by atoms with Crippen molar-refractivity contribution in [2.75, 3.05) is 33.7 Å². The summed E-state index contributed by atoms with van der Waals surface area (Å²) in [6.45, 7) is 10.0. The first-order chi connectivity index (χ1) is 38.6. The van der Waals surface area contributed by atoms with Gasteiger partial charge in [0.15, 0.2) is 35.2 Å². The molecule has 22 nitrogen and oxygen atoms in total. The number of aromatic amines is 3. The fourth-order valence-corrected chi connectivity index (χ4v) is 13.3. The Morgan fingerprint density at radius 2 is 1.16 bits per heavy atom. The highest BCUT2D eigenvalue weighted by Gasteiger charge is 2.66. The first-order valence-electron chi connectivity index (χ1n) is 27.0. The Balaban J connectivity index is 0.000000139. The summed E-state index contributed by atoms with van der Waals surface area (Å²) in [6, 6.07) is 7.81. The summed E-state index contributed by atoms with van der Waals surface area (Å²) in [5.74, 6) is -0.738. The van der Waals surface area contributed by atoms with Crippen molar-refractivity contribution in [3.05, 3.63) is 137 Å². The maximum Gasteiger partial charge on any atom is 0.336 e. The second kappa shape index (κ2) is 23.2. The molecule has 2 spiro atoms. The molecular formula is C57H65F2N7O15. The number of ether oxygens (including phenoxy) is 6. The van der Waals surface area contributed by atoms with Crippen LogP contribution < -0.4 is 46.8 Å². The number of nitrogens with zero attached hydrogens (tertiary/aromatic N) is 3. The van der Waals surface area contributed by atoms with Crippen LogP contribution in [0.3, 0.4) is 0 Å². The van der Waals surface area contributed by atoms with Crippen LogP contribution >= 0.6 is 0 Å². The maximum atomic E-state index is 12.9. The minimum Gasteiger partial charge on any atom is -0.481 e. The van der Waals surface area contributed by atoms with E-state index in [1.54, 1.807) is 9.97 Å². The summed E-state index contributed by atoms with van der Waals surface area (Å²) >= 11 is 0. The van der Waals surface area contributed by atoms with Gasteiger partial charge in [0.25, 0.3) is 11.1 Å². The number of likely N-dealkylation sites (tertiary alicyclic amines) is 2. The Morgan fingerprint density at radius 3 is 1.60 bits per heavy atom. The van der Waals surface area contributed by atoms with Gasteiger partial charge in [0.2, 0.25) is 11.6 Å². The summed E-state index contributed by atoms with van der Waals surface area (Å²) in [5, 5.41) is 2.48. The predicted octanol–water partition coefficient (Wildman–Crippen LogP) is 3.99. The van der Waals surface area contributed by atoms with E-state index in [2.05, 4.69) is 60.4 Å². The second-order valence-electron chi connectivity index (χ2n) is 21.5. The van der Waals surface area contributed by atoms with E-state index in [-0.39, 0.29) is 58.8 Å². The number of hydrogen-bond donors (Lipinski definition) is 4. The van der Waals surface area contributed by atoms with Gasteiger partial charge in [0.1, 0.15) is 12.2 Å². The smallest absolute Gasteiger partial charge is 0.336 e. The summed E-state index contributed by atoms with van der Waals surface area (Å²) in [5.41, 5.74) is 0.515. The maximum absolute atomic E-state index is 12.9. The SMILES string of the molecule is CC(=O)Oc1ccc2c3c1O[C@H]1[C@@H](OC(C)=O)C=C[C@H]4[C@@H](C2)N(C)CC[C@@]341.CC(=O)Oc1ccc2c3c1O[C@H]1[C@@H](OC(C)=O)C=C[C@H]4[C@@H](C2)N(C)CC[C@@]341.CCCCCCNC(=O)n1cc(F)c(=O)[nH]c1=O.O=c1[nH]cc(F)c(=O)[nH]1. The molecule has 0 radical (unpaired) electrons. The zero-order valence-electron chi connectivity index (χ0n) is 45.9. The average Bonchev–Trinajstić information content (AvgIpc) is 2.11. The van der Waals surface area contributed by atoms with E-state index in [9.17, 15) is 51.9 Å². The molecule has 10 atom stereocenters. The number of likely N-dealkylation sites (N-methyl/N-ethyl adjacent to an activating group) is 2. The number of carbonyl (C=O) groups excluding carboxylic acids is 5. The standard InChI is InChI=1S/2C21H23NO5.C11H16FN3O3.C4H3FN2O2/c2*1-11(23)25-16-6-4-13-10-15-14-5-7-17(26-12(2)24)20-21(14,8-9-22(15)3)18(13)19(16)27-20;1-2-3-4-5-6-13-10(17)15-7-8(12)9(16)14-11(15)18;5-2-1-6-4(9)7-3(2)8/h2*4-7,14-15,17,20H,8-10H2,1-3H3;7H,2-6H2,1H3,(H,13,17)(H,14,16,18);1H,(H2,6,7,8,9)/t2*14-,15+,17-,20-,21-;;/m00../s1. The normalized spacial score (nSPS) is 26.8. The van der Waals surface area contributed by atoms with Crippen LogP contribution in [0, 0.1) is 23.5 Å². The number of benzene rings is 2. The molecule has 4 bridgehead atoms. The van der Waals surface area contributed by atoms with E-state index in [4.69, 9.17) is 28.4 Å². The van der Waals surface area contributed by atoms with Crippen LogP contribution in [0.5, 0.6) is 23.0 Å². The molecule has 0 saturated carbocycles. The highest BCUT2D eigenvalue weighted by atomic mass is 19.1. The lowest BCUT2D eigenvalue weighted by atomic mass is 9.53. The van der Waals surface area contributed by atoms with Gasteiger partial charge in [-0.3, -0.25) is 38.7 Å². The number of carbonyl (C=O) groups is 5. The Labute approximate surface area is 462 Å². The fraction of sp³-hybridized carbons (Fsp3) is 0.491. The highest BCUT2D eigenvalue weighted by molar-refractivity contribution is 5.76. The molecule has 432 valence electrons. The summed E-state index contributed by atoms with van der Waals surface area (Å²) in [4.78, 5) is 111. The van der Waals surface area contributed by atoms with Gasteiger partial charge in [-0.25, -0.2) is 19.0 Å². The number of halogens is 2. The zero-order valence-corrected chi connectivity index (χ0v) is 45.9. The van der Waals surface area contributed by atoms with Gasteiger partial charge in [-0.2, -0.15) is 8.78 Å². The molecule has 2 fully saturated rings. The van der Waals surface area contributed by atoms with Crippen molar-refractivity contribution >= 4 is 29.9 Å². The summed E-state index contributed by atoms with van der Waals surface area (Å²) < 4.78 is 60.4. The molecule has 24 heteroatoms. The van der Waals surface area contributed by atoms with E-state index in [0.717, 1.165) is 75.6 Å². The van der Waals surface area contributed by atoms with Crippen molar-refractivity contribution in [2.45, 2.75) is 133 Å². The van der Waals surface area contributed by atoms with Gasteiger partial charge in [0.05, 0.1) is 6.20 Å². The van der Waals surface area contributed by atoms with Gasteiger partial charge in [-0.15, -0.1) is 0 Å². The lowest BCUT2D eigenvalue weighted by Crippen LogP contribution is -2.65. The van der Waals surface area contributed by atoms with Crippen LogP contribution in [0.4, 0.5) is 13.6 Å². The molecule has 0 unspecified atom stereocenters. The van der Waals surface area contributed by atoms with Crippen LogP contribution in [0.2, 0.25) is 0 Å². The molecule has 12 rings (SSSR count). The predicted molar refractivity (Wildman–Crippen MR) is 285 cm³/mol. The summed E-state index contributed by atoms with van der Waals surface area (Å²) in [6.07, 6.45) is 15.8. The number of aromatic nitrogens is 4. The van der Waals surface area contributed by atoms with Crippen molar-refractivity contribution in [3.8, 4) is 23.0 Å². The topological polar surface area (TPSA) is 280 Å². The molecule has 4 N–H and O–H groups in total. The van der Waals surface area contributed by atoms with E-state index in [1.807, 2.05) is 29.3 Å². The molecule has 4 aliphatic heterocycles. The molecule has 2 aromatic heterocycles. The lowest BCUT2D eigenvalue weighted by Gasteiger charge is -2.56. The van der Waals surface area contributed by atoms with Crippen LogP contribution in [0.15, 0.2) is 80.1 Å². The number of hydrogen-bond acceptors (Lipinski definition) is 17. The van der Waals surface area contributed by atoms with Crippen LogP contribution in [0.25, 0.3) is 0 Å². The van der Waals surface area contributed by atoms with Crippen molar-refractivity contribution < 1.29 is 61.2 Å². The van der Waals surface area contributed by atoms with Gasteiger partial charge in [-0.1, -0.05) is 50.5 Å². The quantitative estimate of drug-likeness (QED) is 0.0798. The first kappa shape index (κ1) is 57.7. The van der Waals surface area contributed by atoms with Gasteiger partial charge >= 0.3 is 41.3 Å². The van der Waals surface area contributed by atoms with Gasteiger partial charge in [0, 0.05) is 86.3 Å². The second-order valence-corrected chi connectivity index (χ2v) is 21.5. The number of unbranched alkanes of at least 4 members (excludes halogenated alkanes) is 3. The zero-order chi connectivity index (χ0) is 58.2. The average molecular weight is 1130 g/mol. The molecule has 81 heavy (non-hydrogen) atoms. The monoisotopic (exact) mass is 1130 g/mol. The Bertz CT molecular complexity index is 3320. The lowest BCUT2D eigenvalue weighted by molar-refractivity contribution is -0.153. The minimum absolute atomic E-state index is 0.245. The molecule has 2 saturated heterocycles. The van der Waals surface area contributed by atoms with E-state index in [1.165, 1.54) is 38.8 Å². The third-order valence-corrected chi connectivity index (χ3v) is 16.5. The third-order valence-electron chi connectivity index (χ3n) is 16.5. The van der Waals surface area contributed by atoms with E-state index < -0.39 is 52.4 Å². The fourth-order valence-electron chi connectivity index (χ4n) is 13.3. The number of piperidine rings is 2. The molecule has 8 aliphatic rings. The number of H-pyrrole nitrogens is 3. The Kier molecular flexibility index (Phi) is 16.5. The molecular weight excluding hydrogens is 1060 g/mol. The molecule has 4 aliphatic carbocycles. The molecule has 1 amide bonds. The third kappa shape index (κ3) is 10.9. The van der Waals surface area contributed by atoms with E-state index >= 15 is 0 Å². The van der Waals surface area contributed by atoms with Crippen LogP contribution in [-0.2, 0) is 52.3 Å². The summed E-state index contributed by atoms with van der Waals surface area (Å²) in [7, 11) is 4.35. The Morgan fingerprint density at radius 1 is 0.667 bits per heavy atom. The van der Waals surface area contributed by atoms with Crippen molar-refractivity contribution in [2.24, 2.45) is 11.8 Å². The van der Waals surface area contributed by atoms with Crippen molar-refractivity contribution in [1.82, 2.24) is 34.6 Å². The number of nitrogens with one attached hydrogen (secondary N) is 4. The highest BCUT2D eigenvalue weighted by Crippen LogP contribution is 2.64. The molecule has 4 aromatic rings. The van der Waals surface area contributed by atoms with Crippen molar-refractivity contribution in [3.63, 3.8) is 0 Å². The number of amides is 1. The first-order valence-corrected chi connectivity index (χ1v) is 27.0. The van der Waals surface area contributed by atoms with Crippen molar-refractivity contribution in [1.29, 1.82) is 0 Å². The minimum atomic E-state index is -1.17. The van der Waals surface area contributed by atoms with Gasteiger partial charge < -0.3 is 48.5 Å². The molecule has 6 heterocycles. The molecule has 2 aromatic carbocycles. The van der Waals surface area contributed by atoms with Crippen LogP contribution in [-0.4, -0.2) is 129 Å². The number of rotatable bonds is 9. The van der Waals surface area contributed by atoms with Crippen LogP contribution in [0.1, 0.15) is 95.4 Å². The number of esters is 4. The largest absolute Gasteiger partial charge is 0.481 e. The van der Waals surface area contributed by atoms with E-state index in [0.29, 0.717) is 58.6 Å². The Hall–Kier alpha value is -7.99.